The zero-order valence-electron chi connectivity index (χ0n) is 43.6. The van der Waals surface area contributed by atoms with E-state index < -0.39 is 40.4 Å². The summed E-state index contributed by atoms with van der Waals surface area (Å²) in [5, 5.41) is 39.8. The lowest BCUT2D eigenvalue weighted by Gasteiger charge is -2.55. The highest BCUT2D eigenvalue weighted by atomic mass is 16.7. The van der Waals surface area contributed by atoms with E-state index in [-0.39, 0.29) is 72.2 Å². The van der Waals surface area contributed by atoms with E-state index >= 15 is 14.4 Å². The number of nitrogens with two attached hydrogens (primary N) is 1. The van der Waals surface area contributed by atoms with Crippen molar-refractivity contribution in [2.24, 2.45) is 46.7 Å². The second-order valence-electron chi connectivity index (χ2n) is 24.0. The minimum atomic E-state index is -2.26. The topological polar surface area (TPSA) is 200 Å². The maximum absolute atomic E-state index is 16.1. The summed E-state index contributed by atoms with van der Waals surface area (Å²) >= 11 is 0. The molecule has 4 bridgehead atoms. The van der Waals surface area contributed by atoms with Crippen molar-refractivity contribution in [1.29, 1.82) is 0 Å². The fourth-order valence-corrected chi connectivity index (χ4v) is 15.9. The smallest absolute Gasteiger partial charge is 0.350 e. The molecule has 1 spiro atoms. The SMILES string of the molecule is CCN[C@@]12C=C3C=CC[C@H]4CCCC[C@](C)(CC5=CNC(N)C=C5)Cc5cccc6c5C(=O)[C@]5(O[C@@]5(C/C(CO)=C(\C)C[C@@H]5CC[C@@H]7C[C@H](NC)NC8=C7C5=CCN8)C6=O)C(=O)O[C@H]([C@H](CCO)CC1)[C@H]2C[C@@H]34. The van der Waals surface area contributed by atoms with E-state index in [9.17, 15) is 10.2 Å². The largest absolute Gasteiger partial charge is 0.459 e. The molecule has 2 saturated carbocycles. The molecular weight excluding hydrogens is 917 g/mol. The zero-order valence-corrected chi connectivity index (χ0v) is 43.6. The number of hydrogen-bond acceptors (Lipinski definition) is 13. The molecule has 13 nitrogen and oxygen atoms in total. The molecule has 1 unspecified atom stereocenters. The Kier molecular flexibility index (Phi) is 13.7. The van der Waals surface area contributed by atoms with Gasteiger partial charge in [0.1, 0.15) is 11.9 Å². The third-order valence-electron chi connectivity index (χ3n) is 19.6. The third kappa shape index (κ3) is 8.66. The molecule has 5 aliphatic carbocycles. The van der Waals surface area contributed by atoms with Gasteiger partial charge in [-0.25, -0.2) is 4.79 Å². The van der Waals surface area contributed by atoms with Crippen LogP contribution in [0.25, 0.3) is 0 Å². The zero-order chi connectivity index (χ0) is 50.9. The fourth-order valence-electron chi connectivity index (χ4n) is 15.9. The van der Waals surface area contributed by atoms with Crippen molar-refractivity contribution in [2.45, 2.75) is 159 Å². The number of aliphatic hydroxyl groups excluding tert-OH is 2. The van der Waals surface area contributed by atoms with Gasteiger partial charge in [-0.2, -0.15) is 0 Å². The maximum atomic E-state index is 16.1. The van der Waals surface area contributed by atoms with E-state index in [1.807, 2.05) is 38.4 Å². The summed E-state index contributed by atoms with van der Waals surface area (Å²) in [5.74, 6) is 0.339. The number of esters is 1. The molecule has 11 rings (SSSR count). The Morgan fingerprint density at radius 2 is 1.89 bits per heavy atom. The molecule has 1 aromatic carbocycles. The van der Waals surface area contributed by atoms with Crippen molar-refractivity contribution in [3.8, 4) is 0 Å². The molecule has 9 N–H and O–H groups in total. The van der Waals surface area contributed by atoms with Gasteiger partial charge in [-0.15, -0.1) is 0 Å². The van der Waals surface area contributed by atoms with Crippen molar-refractivity contribution < 1.29 is 34.1 Å². The maximum Gasteiger partial charge on any atom is 0.350 e. The number of carbonyl (C=O) groups excluding carboxylic acids is 3. The van der Waals surface area contributed by atoms with Crippen LogP contribution in [0.2, 0.25) is 0 Å². The summed E-state index contributed by atoms with van der Waals surface area (Å²) in [5.41, 5.74) is 9.15. The molecule has 0 aromatic heterocycles. The van der Waals surface area contributed by atoms with Gasteiger partial charge in [-0.05, 0) is 178 Å². The van der Waals surface area contributed by atoms with Crippen molar-refractivity contribution >= 4 is 17.5 Å². The predicted molar refractivity (Wildman–Crippen MR) is 281 cm³/mol. The van der Waals surface area contributed by atoms with Gasteiger partial charge in [-0.3, -0.25) is 9.59 Å². The lowest BCUT2D eigenvalue weighted by Crippen LogP contribution is -2.62. The van der Waals surface area contributed by atoms with E-state index in [4.69, 9.17) is 15.2 Å². The third-order valence-corrected chi connectivity index (χ3v) is 19.6. The summed E-state index contributed by atoms with van der Waals surface area (Å²) in [6, 6.07) is 5.54. The van der Waals surface area contributed by atoms with Crippen LogP contribution in [-0.2, 0) is 20.7 Å². The number of likely N-dealkylation sites (N-methyl/N-ethyl adjacent to an activating group) is 1. The van der Waals surface area contributed by atoms with Crippen molar-refractivity contribution in [3.63, 3.8) is 0 Å². The Hall–Kier alpha value is -4.63. The number of epoxide rings is 1. The first kappa shape index (κ1) is 50.5. The first-order valence-corrected chi connectivity index (χ1v) is 28.0. The van der Waals surface area contributed by atoms with Crippen molar-refractivity contribution in [1.82, 2.24) is 26.6 Å². The van der Waals surface area contributed by atoms with E-state index in [2.05, 4.69) is 70.8 Å². The lowest BCUT2D eigenvalue weighted by atomic mass is 9.56. The van der Waals surface area contributed by atoms with Crippen LogP contribution in [-0.4, -0.2) is 96.3 Å². The number of aliphatic hydroxyl groups is 2. The number of dihydropyridines is 2. The molecule has 5 heterocycles. The number of ketones is 2. The van der Waals surface area contributed by atoms with Gasteiger partial charge in [0, 0.05) is 48.4 Å². The van der Waals surface area contributed by atoms with Gasteiger partial charge in [0.05, 0.1) is 18.9 Å². The molecule has 0 amide bonds. The van der Waals surface area contributed by atoms with E-state index in [0.29, 0.717) is 43.1 Å². The van der Waals surface area contributed by atoms with Gasteiger partial charge in [0.2, 0.25) is 5.78 Å². The summed E-state index contributed by atoms with van der Waals surface area (Å²) in [7, 11) is 1.99. The van der Waals surface area contributed by atoms with E-state index in [1.54, 1.807) is 6.07 Å². The summed E-state index contributed by atoms with van der Waals surface area (Å²) in [6.07, 6.45) is 27.4. The van der Waals surface area contributed by atoms with E-state index in [1.165, 1.54) is 16.7 Å². The Bertz CT molecular complexity index is 2630. The number of rotatable bonds is 12. The Labute approximate surface area is 432 Å². The Balaban J connectivity index is 1.01. The van der Waals surface area contributed by atoms with Gasteiger partial charge in [0.25, 0.3) is 5.60 Å². The fraction of sp³-hybridized carbons (Fsp3) is 0.617. The monoisotopic (exact) mass is 997 g/mol. The normalized spacial score (nSPS) is 38.7. The Morgan fingerprint density at radius 1 is 1.03 bits per heavy atom. The molecule has 73 heavy (non-hydrogen) atoms. The van der Waals surface area contributed by atoms with Crippen molar-refractivity contribution in [2.75, 3.05) is 33.4 Å². The average molecular weight is 997 g/mol. The van der Waals surface area contributed by atoms with Crippen LogP contribution >= 0.6 is 0 Å². The Morgan fingerprint density at radius 3 is 2.67 bits per heavy atom. The van der Waals surface area contributed by atoms with Crippen LogP contribution in [0.5, 0.6) is 0 Å². The molecule has 5 aliphatic heterocycles. The number of benzene rings is 1. The van der Waals surface area contributed by atoms with Gasteiger partial charge in [0.15, 0.2) is 11.4 Å². The number of Topliss-reactive ketones (excluding diaryl/α,β-unsaturated/α-hetero) is 2. The molecule has 13 atom stereocenters. The summed E-state index contributed by atoms with van der Waals surface area (Å²) in [6.45, 7) is 7.46. The quantitative estimate of drug-likeness (QED) is 0.0462. The second kappa shape index (κ2) is 19.8. The predicted octanol–water partition coefficient (Wildman–Crippen LogP) is 7.00. The highest BCUT2D eigenvalue weighted by Crippen LogP contribution is 2.62. The van der Waals surface area contributed by atoms with E-state index in [0.717, 1.165) is 106 Å². The minimum Gasteiger partial charge on any atom is -0.459 e. The van der Waals surface area contributed by atoms with Gasteiger partial charge >= 0.3 is 5.97 Å². The molecule has 392 valence electrons. The van der Waals surface area contributed by atoms with Crippen LogP contribution < -0.4 is 32.3 Å². The highest BCUT2D eigenvalue weighted by molar-refractivity contribution is 6.33. The van der Waals surface area contributed by atoms with Gasteiger partial charge in [-0.1, -0.05) is 80.8 Å². The van der Waals surface area contributed by atoms with Crippen LogP contribution in [0.4, 0.5) is 0 Å². The molecule has 10 aliphatic rings. The average Bonchev–Trinajstić information content (AvgIpc) is 4.11. The minimum absolute atomic E-state index is 0.0614. The molecule has 3 fully saturated rings. The summed E-state index contributed by atoms with van der Waals surface area (Å²) < 4.78 is 13.8. The van der Waals surface area contributed by atoms with Crippen LogP contribution in [0.1, 0.15) is 143 Å². The van der Waals surface area contributed by atoms with Gasteiger partial charge < -0.3 is 52.0 Å². The first-order valence-electron chi connectivity index (χ1n) is 28.0. The number of allylic oxidation sites excluding steroid dienone is 8. The first-order chi connectivity index (χ1) is 35.3. The number of nitrogens with one attached hydrogen (secondary N) is 5. The van der Waals surface area contributed by atoms with Crippen molar-refractivity contribution in [3.05, 3.63) is 117 Å². The van der Waals surface area contributed by atoms with Crippen LogP contribution in [0, 0.1) is 40.9 Å². The number of hydrogen-bond donors (Lipinski definition) is 8. The molecule has 1 saturated heterocycles. The second-order valence-corrected chi connectivity index (χ2v) is 24.0. The highest BCUT2D eigenvalue weighted by Gasteiger charge is 2.86. The standard InChI is InChI=1S/C60H80N6O7/c1-5-65-58-23-19-38(21-25-67)52-47(58)28-46-37(11-8-12-41(46)31-58)10-6-7-22-57(3,29-36-15-18-48(61)64-33-36)30-42-13-9-14-45-50(42)54(70)60(56(71)72-52)59(73-60,53(45)69)32-43(34-68)35(2)26-39-16-17-40-27-49(62-4)66-55-51(40)44(39)20-24-63-55/h8-9,12-15,18,20,31,33,37-40,46-49,52,62-68H,5-7,10-11,16-17,19,21-30,32,34,61H2,1-4H3/b43-35-/t37-,38+,39+,40-,46-,47-,48?,49-,52-,57-,58-,59+,60+/m1/s1. The molecule has 0 radical (unpaired) electrons. The molecule has 13 heteroatoms. The number of ether oxygens (including phenoxy) is 2. The molecule has 1 aromatic rings. The van der Waals surface area contributed by atoms with Crippen LogP contribution in [0.15, 0.2) is 100 Å². The molecular formula is C60H80N6O7. The van der Waals surface area contributed by atoms with Crippen LogP contribution in [0.3, 0.4) is 0 Å². The summed E-state index contributed by atoms with van der Waals surface area (Å²) in [4.78, 5) is 47.7. The number of carbonyl (C=O) groups is 3. The lowest BCUT2D eigenvalue weighted by molar-refractivity contribution is -0.167.